The van der Waals surface area contributed by atoms with Gasteiger partial charge in [0.1, 0.15) is 5.82 Å². The van der Waals surface area contributed by atoms with Crippen molar-refractivity contribution in [3.05, 3.63) is 22.8 Å². The second-order valence-electron chi connectivity index (χ2n) is 4.70. The molecule has 1 aromatic heterocycles. The number of halogens is 1. The number of hydrogen-bond acceptors (Lipinski definition) is 4. The lowest BCUT2D eigenvalue weighted by atomic mass is 10.2. The van der Waals surface area contributed by atoms with Gasteiger partial charge in [-0.05, 0) is 30.7 Å². The number of hydrogen-bond donors (Lipinski definition) is 1. The summed E-state index contributed by atoms with van der Waals surface area (Å²) in [6, 6.07) is 2.80. The largest absolute Gasteiger partial charge is 0.359 e. The predicted molar refractivity (Wildman–Crippen MR) is 80.8 cm³/mol. The molecule has 3 nitrogen and oxygen atoms in total. The van der Waals surface area contributed by atoms with Crippen LogP contribution >= 0.6 is 23.4 Å². The third-order valence-electron chi connectivity index (χ3n) is 3.10. The Balaban J connectivity index is 1.99. The molecule has 1 saturated carbocycles. The summed E-state index contributed by atoms with van der Waals surface area (Å²) in [7, 11) is 2.07. The molecule has 0 saturated heterocycles. The van der Waals surface area contributed by atoms with Crippen LogP contribution in [0, 0.1) is 0 Å². The summed E-state index contributed by atoms with van der Waals surface area (Å²) in [5, 5.41) is 4.24. The zero-order valence-electron chi connectivity index (χ0n) is 10.9. The van der Waals surface area contributed by atoms with Crippen molar-refractivity contribution in [2.45, 2.75) is 25.4 Å². The maximum atomic E-state index is 6.18. The molecule has 0 bridgehead atoms. The molecule has 0 aliphatic heterocycles. The molecule has 5 heteroatoms. The van der Waals surface area contributed by atoms with E-state index in [4.69, 9.17) is 11.6 Å². The Morgan fingerprint density at radius 3 is 3.00 bits per heavy atom. The van der Waals surface area contributed by atoms with Crippen molar-refractivity contribution in [1.82, 2.24) is 10.3 Å². The number of rotatable bonds is 7. The van der Waals surface area contributed by atoms with Crippen LogP contribution in [0.5, 0.6) is 0 Å². The lowest BCUT2D eigenvalue weighted by Gasteiger charge is -2.18. The van der Waals surface area contributed by atoms with E-state index in [0.29, 0.717) is 6.04 Å². The molecule has 0 aromatic carbocycles. The summed E-state index contributed by atoms with van der Waals surface area (Å²) in [5.74, 6) is 2.11. The Morgan fingerprint density at radius 2 is 2.33 bits per heavy atom. The Morgan fingerprint density at radius 1 is 1.56 bits per heavy atom. The van der Waals surface area contributed by atoms with Gasteiger partial charge in [-0.25, -0.2) is 4.98 Å². The van der Waals surface area contributed by atoms with E-state index in [1.54, 1.807) is 6.20 Å². The summed E-state index contributed by atoms with van der Waals surface area (Å²) in [5.41, 5.74) is 1.14. The van der Waals surface area contributed by atoms with E-state index in [9.17, 15) is 0 Å². The molecule has 0 amide bonds. The normalized spacial score (nSPS) is 14.8. The summed E-state index contributed by atoms with van der Waals surface area (Å²) in [6.45, 7) is 1.85. The van der Waals surface area contributed by atoms with E-state index in [2.05, 4.69) is 34.6 Å². The molecule has 0 atom stereocenters. The fraction of sp³-hybridized carbons (Fsp3) is 0.615. The van der Waals surface area contributed by atoms with E-state index >= 15 is 0 Å². The van der Waals surface area contributed by atoms with Gasteiger partial charge in [0.15, 0.2) is 0 Å². The summed E-state index contributed by atoms with van der Waals surface area (Å²) < 4.78 is 0. The number of thioether (sulfide) groups is 1. The molecule has 2 rings (SSSR count). The molecule has 0 spiro atoms. The quantitative estimate of drug-likeness (QED) is 0.834. The molecule has 1 fully saturated rings. The van der Waals surface area contributed by atoms with Crippen LogP contribution in [0.3, 0.4) is 0 Å². The molecule has 1 aromatic rings. The Labute approximate surface area is 118 Å². The third-order valence-corrected chi connectivity index (χ3v) is 4.03. The highest BCUT2D eigenvalue weighted by molar-refractivity contribution is 7.98. The van der Waals surface area contributed by atoms with Gasteiger partial charge in [0, 0.05) is 38.1 Å². The van der Waals surface area contributed by atoms with Gasteiger partial charge in [-0.15, -0.1) is 0 Å². The van der Waals surface area contributed by atoms with Crippen LogP contribution in [-0.4, -0.2) is 36.6 Å². The summed E-state index contributed by atoms with van der Waals surface area (Å²) >= 11 is 8.03. The first-order valence-electron chi connectivity index (χ1n) is 6.28. The number of pyridine rings is 1. The highest BCUT2D eigenvalue weighted by Gasteiger charge is 2.20. The van der Waals surface area contributed by atoms with Crippen molar-refractivity contribution in [1.29, 1.82) is 0 Å². The van der Waals surface area contributed by atoms with Crippen LogP contribution < -0.4 is 10.2 Å². The molecule has 1 aliphatic rings. The third kappa shape index (κ3) is 4.04. The van der Waals surface area contributed by atoms with Crippen LogP contribution in [0.1, 0.15) is 18.4 Å². The number of nitrogens with zero attached hydrogens (tertiary/aromatic N) is 2. The second-order valence-corrected chi connectivity index (χ2v) is 6.10. The first-order chi connectivity index (χ1) is 8.70. The zero-order chi connectivity index (χ0) is 13.0. The van der Waals surface area contributed by atoms with Crippen molar-refractivity contribution in [2.75, 3.05) is 30.5 Å². The minimum absolute atomic E-state index is 0.701. The summed E-state index contributed by atoms with van der Waals surface area (Å²) in [4.78, 5) is 6.57. The Hall–Kier alpha value is -0.450. The minimum Gasteiger partial charge on any atom is -0.359 e. The van der Waals surface area contributed by atoms with Gasteiger partial charge in [-0.2, -0.15) is 11.8 Å². The van der Waals surface area contributed by atoms with Gasteiger partial charge in [0.2, 0.25) is 0 Å². The fourth-order valence-corrected chi connectivity index (χ4v) is 2.32. The highest BCUT2D eigenvalue weighted by atomic mass is 35.5. The van der Waals surface area contributed by atoms with E-state index in [1.807, 2.05) is 11.8 Å². The SMILES string of the molecule is CSCCN(C)c1cc(CNC2CC2)c(Cl)cn1. The van der Waals surface area contributed by atoms with Gasteiger partial charge in [-0.3, -0.25) is 0 Å². The standard InChI is InChI=1S/C13H20ClN3S/c1-17(5-6-18-2)13-7-10(12(14)9-16-13)8-15-11-3-4-11/h7,9,11,15H,3-6,8H2,1-2H3. The fourth-order valence-electron chi connectivity index (χ4n) is 1.70. The topological polar surface area (TPSA) is 28.2 Å². The van der Waals surface area contributed by atoms with Gasteiger partial charge < -0.3 is 10.2 Å². The van der Waals surface area contributed by atoms with E-state index in [1.165, 1.54) is 12.8 Å². The van der Waals surface area contributed by atoms with Crippen molar-refractivity contribution in [3.63, 3.8) is 0 Å². The monoisotopic (exact) mass is 285 g/mol. The number of aromatic nitrogens is 1. The van der Waals surface area contributed by atoms with Crippen molar-refractivity contribution in [3.8, 4) is 0 Å². The maximum absolute atomic E-state index is 6.18. The van der Waals surface area contributed by atoms with Gasteiger partial charge in [0.05, 0.1) is 5.02 Å². The smallest absolute Gasteiger partial charge is 0.128 e. The molecule has 0 radical (unpaired) electrons. The first-order valence-corrected chi connectivity index (χ1v) is 8.05. The van der Waals surface area contributed by atoms with Crippen molar-refractivity contribution >= 4 is 29.2 Å². The number of anilines is 1. The molecule has 1 N–H and O–H groups in total. The Bertz CT molecular complexity index is 396. The van der Waals surface area contributed by atoms with Crippen LogP contribution in [0.15, 0.2) is 12.3 Å². The first kappa shape index (κ1) is 14.0. The maximum Gasteiger partial charge on any atom is 0.128 e. The van der Waals surface area contributed by atoms with Gasteiger partial charge in [-0.1, -0.05) is 11.6 Å². The lowest BCUT2D eigenvalue weighted by molar-refractivity contribution is 0.687. The average molecular weight is 286 g/mol. The van der Waals surface area contributed by atoms with Crippen molar-refractivity contribution < 1.29 is 0 Å². The number of nitrogens with one attached hydrogen (secondary N) is 1. The van der Waals surface area contributed by atoms with Crippen LogP contribution in [-0.2, 0) is 6.54 Å². The molecule has 100 valence electrons. The molecule has 0 unspecified atom stereocenters. The van der Waals surface area contributed by atoms with Gasteiger partial charge in [0.25, 0.3) is 0 Å². The van der Waals surface area contributed by atoms with Gasteiger partial charge >= 0.3 is 0 Å². The second kappa shape index (κ2) is 6.64. The summed E-state index contributed by atoms with van der Waals surface area (Å²) in [6.07, 6.45) is 6.47. The van der Waals surface area contributed by atoms with Crippen LogP contribution in [0.25, 0.3) is 0 Å². The lowest BCUT2D eigenvalue weighted by Crippen LogP contribution is -2.22. The zero-order valence-corrected chi connectivity index (χ0v) is 12.5. The van der Waals surface area contributed by atoms with E-state index < -0.39 is 0 Å². The molecule has 1 aliphatic carbocycles. The molecule has 1 heterocycles. The predicted octanol–water partition coefficient (Wildman–Crippen LogP) is 2.79. The van der Waals surface area contributed by atoms with Crippen LogP contribution in [0.2, 0.25) is 5.02 Å². The van der Waals surface area contributed by atoms with Crippen LogP contribution in [0.4, 0.5) is 5.82 Å². The van der Waals surface area contributed by atoms with E-state index in [-0.39, 0.29) is 0 Å². The molecular formula is C13H20ClN3S. The van der Waals surface area contributed by atoms with Crippen molar-refractivity contribution in [2.24, 2.45) is 0 Å². The molecule has 18 heavy (non-hydrogen) atoms. The highest BCUT2D eigenvalue weighted by Crippen LogP contribution is 2.23. The minimum atomic E-state index is 0.701. The Kier molecular flexibility index (Phi) is 5.15. The van der Waals surface area contributed by atoms with E-state index in [0.717, 1.165) is 35.2 Å². The average Bonchev–Trinajstić information content (AvgIpc) is 3.19. The molecular weight excluding hydrogens is 266 g/mol.